The molecule has 0 unspecified atom stereocenters. The quantitative estimate of drug-likeness (QED) is 0.554. The van der Waals surface area contributed by atoms with Crippen LogP contribution in [0.1, 0.15) is 5.69 Å². The van der Waals surface area contributed by atoms with Crippen LogP contribution in [0, 0.1) is 0 Å². The Balaban J connectivity index is 1.73. The largest absolute Gasteiger partial charge is 0.355 e. The number of aryl methyl sites for hydroxylation is 1. The lowest BCUT2D eigenvalue weighted by molar-refractivity contribution is 0.594. The molecule has 0 aliphatic rings. The number of aromatic nitrogens is 5. The van der Waals surface area contributed by atoms with E-state index in [0.29, 0.717) is 6.54 Å². The van der Waals surface area contributed by atoms with Crippen LogP contribution in [0.5, 0.6) is 0 Å². The number of rotatable bonds is 5. The minimum absolute atomic E-state index is 0.680. The summed E-state index contributed by atoms with van der Waals surface area (Å²) < 4.78 is 3.59. The van der Waals surface area contributed by atoms with Gasteiger partial charge in [0.25, 0.3) is 0 Å². The van der Waals surface area contributed by atoms with E-state index in [1.54, 1.807) is 24.3 Å². The number of nitrogens with one attached hydrogen (secondary N) is 2. The van der Waals surface area contributed by atoms with Crippen molar-refractivity contribution in [2.75, 3.05) is 13.6 Å². The zero-order chi connectivity index (χ0) is 13.5. The predicted molar refractivity (Wildman–Crippen MR) is 71.4 cm³/mol. The minimum Gasteiger partial charge on any atom is -0.355 e. The summed E-state index contributed by atoms with van der Waals surface area (Å²) >= 11 is 0. The summed E-state index contributed by atoms with van der Waals surface area (Å²) in [6.45, 7) is 2.15. The lowest BCUT2D eigenvalue weighted by atomic mass is 10.4. The van der Waals surface area contributed by atoms with E-state index in [0.717, 1.165) is 24.7 Å². The Morgan fingerprint density at radius 1 is 1.37 bits per heavy atom. The van der Waals surface area contributed by atoms with Crippen molar-refractivity contribution in [1.29, 1.82) is 0 Å². The van der Waals surface area contributed by atoms with Gasteiger partial charge in [-0.3, -0.25) is 14.4 Å². The van der Waals surface area contributed by atoms with E-state index < -0.39 is 0 Å². The van der Waals surface area contributed by atoms with Gasteiger partial charge in [0.05, 0.1) is 18.8 Å². The van der Waals surface area contributed by atoms with Gasteiger partial charge < -0.3 is 10.6 Å². The number of hydrogen-bond acceptors (Lipinski definition) is 4. The maximum absolute atomic E-state index is 4.16. The molecule has 2 aromatic heterocycles. The zero-order valence-electron chi connectivity index (χ0n) is 11.1. The second-order valence-electron chi connectivity index (χ2n) is 3.96. The first kappa shape index (κ1) is 13.1. The Hall–Kier alpha value is -2.38. The van der Waals surface area contributed by atoms with Crippen LogP contribution < -0.4 is 10.6 Å². The van der Waals surface area contributed by atoms with Gasteiger partial charge in [-0.25, -0.2) is 4.98 Å². The van der Waals surface area contributed by atoms with Gasteiger partial charge in [0.15, 0.2) is 5.96 Å². The first-order chi connectivity index (χ1) is 9.29. The second-order valence-corrected chi connectivity index (χ2v) is 3.96. The minimum atomic E-state index is 0.680. The Kier molecular flexibility index (Phi) is 4.49. The molecule has 0 bridgehead atoms. The number of guanidine groups is 1. The first-order valence-electron chi connectivity index (χ1n) is 6.03. The van der Waals surface area contributed by atoms with Crippen molar-refractivity contribution in [3.8, 4) is 0 Å². The summed E-state index contributed by atoms with van der Waals surface area (Å²) in [5, 5.41) is 14.6. The van der Waals surface area contributed by atoms with Crippen molar-refractivity contribution in [2.24, 2.45) is 12.0 Å². The van der Waals surface area contributed by atoms with Crippen LogP contribution >= 0.6 is 0 Å². The van der Waals surface area contributed by atoms with E-state index in [2.05, 4.69) is 30.8 Å². The fraction of sp³-hybridized carbons (Fsp3) is 0.455. The van der Waals surface area contributed by atoms with E-state index in [9.17, 15) is 0 Å². The summed E-state index contributed by atoms with van der Waals surface area (Å²) in [5.41, 5.74) is 1.10. The lowest BCUT2D eigenvalue weighted by Crippen LogP contribution is -2.38. The van der Waals surface area contributed by atoms with Gasteiger partial charge >= 0.3 is 0 Å². The van der Waals surface area contributed by atoms with Crippen molar-refractivity contribution >= 4 is 5.96 Å². The molecule has 0 aliphatic heterocycles. The standard InChI is InChI=1S/C11H18N8/c1-12-11(14-5-6-19-9-13-8-17-19)15-7-10-3-4-16-18(10)2/h3-4,8-9H,5-7H2,1-2H3,(H2,12,14,15). The molecule has 8 heteroatoms. The van der Waals surface area contributed by atoms with Crippen LogP contribution in [0.3, 0.4) is 0 Å². The third-order valence-corrected chi connectivity index (χ3v) is 2.68. The average Bonchev–Trinajstić information content (AvgIpc) is 3.05. The van der Waals surface area contributed by atoms with Crippen molar-refractivity contribution in [3.05, 3.63) is 30.6 Å². The highest BCUT2D eigenvalue weighted by molar-refractivity contribution is 5.79. The van der Waals surface area contributed by atoms with Gasteiger partial charge in [-0.2, -0.15) is 10.2 Å². The maximum Gasteiger partial charge on any atom is 0.191 e. The fourth-order valence-electron chi connectivity index (χ4n) is 1.61. The van der Waals surface area contributed by atoms with Crippen LogP contribution in [-0.4, -0.2) is 44.1 Å². The SMILES string of the molecule is CN=C(NCCn1cncn1)NCc1ccnn1C. The summed E-state index contributed by atoms with van der Waals surface area (Å²) in [6, 6.07) is 1.97. The zero-order valence-corrected chi connectivity index (χ0v) is 11.1. The smallest absolute Gasteiger partial charge is 0.191 e. The Morgan fingerprint density at radius 2 is 2.26 bits per heavy atom. The molecule has 0 aromatic carbocycles. The molecule has 0 amide bonds. The topological polar surface area (TPSA) is 84.9 Å². The number of aliphatic imine (C=N–C) groups is 1. The molecular weight excluding hydrogens is 244 g/mol. The van der Waals surface area contributed by atoms with E-state index in [1.165, 1.54) is 6.33 Å². The van der Waals surface area contributed by atoms with Gasteiger partial charge in [-0.15, -0.1) is 0 Å². The molecule has 0 fully saturated rings. The molecule has 2 N–H and O–H groups in total. The molecule has 0 spiro atoms. The molecule has 8 nitrogen and oxygen atoms in total. The molecule has 2 rings (SSSR count). The third-order valence-electron chi connectivity index (χ3n) is 2.68. The van der Waals surface area contributed by atoms with E-state index in [-0.39, 0.29) is 0 Å². The van der Waals surface area contributed by atoms with E-state index in [1.807, 2.05) is 17.8 Å². The van der Waals surface area contributed by atoms with Crippen LogP contribution in [0.25, 0.3) is 0 Å². The highest BCUT2D eigenvalue weighted by atomic mass is 15.3. The Labute approximate surface area is 111 Å². The van der Waals surface area contributed by atoms with Crippen LogP contribution in [0.2, 0.25) is 0 Å². The third kappa shape index (κ3) is 3.80. The lowest BCUT2D eigenvalue weighted by Gasteiger charge is -2.11. The molecule has 0 atom stereocenters. The molecule has 0 saturated carbocycles. The Bertz CT molecular complexity index is 513. The van der Waals surface area contributed by atoms with Gasteiger partial charge in [0, 0.05) is 26.8 Å². The number of hydrogen-bond donors (Lipinski definition) is 2. The van der Waals surface area contributed by atoms with Gasteiger partial charge in [-0.05, 0) is 6.07 Å². The molecule has 0 radical (unpaired) electrons. The molecule has 2 aromatic rings. The molecular formula is C11H18N8. The Morgan fingerprint density at radius 3 is 2.89 bits per heavy atom. The van der Waals surface area contributed by atoms with Crippen molar-refractivity contribution in [2.45, 2.75) is 13.1 Å². The summed E-state index contributed by atoms with van der Waals surface area (Å²) in [5.74, 6) is 0.751. The second kappa shape index (κ2) is 6.53. The molecule has 102 valence electrons. The van der Waals surface area contributed by atoms with E-state index >= 15 is 0 Å². The number of nitrogens with zero attached hydrogens (tertiary/aromatic N) is 6. The van der Waals surface area contributed by atoms with Crippen LogP contribution in [0.4, 0.5) is 0 Å². The van der Waals surface area contributed by atoms with Gasteiger partial charge in [0.2, 0.25) is 0 Å². The van der Waals surface area contributed by atoms with Gasteiger partial charge in [0.1, 0.15) is 12.7 Å². The first-order valence-corrected chi connectivity index (χ1v) is 6.03. The summed E-state index contributed by atoms with van der Waals surface area (Å²) in [6.07, 6.45) is 4.99. The summed E-state index contributed by atoms with van der Waals surface area (Å²) in [4.78, 5) is 8.04. The van der Waals surface area contributed by atoms with Crippen LogP contribution in [0.15, 0.2) is 29.9 Å². The normalized spacial score (nSPS) is 11.6. The van der Waals surface area contributed by atoms with Crippen molar-refractivity contribution in [1.82, 2.24) is 35.2 Å². The van der Waals surface area contributed by atoms with E-state index in [4.69, 9.17) is 0 Å². The monoisotopic (exact) mass is 262 g/mol. The van der Waals surface area contributed by atoms with Crippen molar-refractivity contribution < 1.29 is 0 Å². The molecule has 19 heavy (non-hydrogen) atoms. The highest BCUT2D eigenvalue weighted by Gasteiger charge is 2.01. The summed E-state index contributed by atoms with van der Waals surface area (Å²) in [7, 11) is 3.66. The average molecular weight is 262 g/mol. The molecule has 0 saturated heterocycles. The van der Waals surface area contributed by atoms with Crippen molar-refractivity contribution in [3.63, 3.8) is 0 Å². The molecule has 0 aliphatic carbocycles. The van der Waals surface area contributed by atoms with Crippen LogP contribution in [-0.2, 0) is 20.1 Å². The maximum atomic E-state index is 4.16. The predicted octanol–water partition coefficient (Wildman–Crippen LogP) is -0.623. The molecule has 2 heterocycles. The highest BCUT2D eigenvalue weighted by Crippen LogP contribution is 1.94. The fourth-order valence-corrected chi connectivity index (χ4v) is 1.61. The van der Waals surface area contributed by atoms with Gasteiger partial charge in [-0.1, -0.05) is 0 Å².